The maximum absolute atomic E-state index is 12.4. The third-order valence-electron chi connectivity index (χ3n) is 3.45. The molecule has 0 aromatic carbocycles. The molecular weight excluding hydrogens is 285 g/mol. The van der Waals surface area contributed by atoms with Crippen LogP contribution in [0.4, 0.5) is 19.0 Å². The number of hydrogen-bond donors (Lipinski definition) is 2. The van der Waals surface area contributed by atoms with Gasteiger partial charge in [0.05, 0.1) is 6.42 Å². The van der Waals surface area contributed by atoms with Crippen LogP contribution in [-0.4, -0.2) is 28.3 Å². The number of carboxylic acids is 1. The fraction of sp³-hybridized carbons (Fsp3) is 0.571. The molecule has 4 nitrogen and oxygen atoms in total. The Morgan fingerprint density at radius 3 is 2.71 bits per heavy atom. The highest BCUT2D eigenvalue weighted by molar-refractivity contribution is 5.93. The lowest BCUT2D eigenvalue weighted by molar-refractivity contribution is -0.136. The molecule has 1 aromatic heterocycles. The summed E-state index contributed by atoms with van der Waals surface area (Å²) in [7, 11) is 0. The average Bonchev–Trinajstić information content (AvgIpc) is 2.35. The molecule has 2 rings (SSSR count). The van der Waals surface area contributed by atoms with Gasteiger partial charge in [-0.15, -0.1) is 0 Å². The molecule has 1 aromatic rings. The monoisotopic (exact) mass is 302 g/mol. The van der Waals surface area contributed by atoms with E-state index in [1.54, 1.807) is 0 Å². The summed E-state index contributed by atoms with van der Waals surface area (Å²) in [4.78, 5) is 15.5. The number of aryl methyl sites for hydroxylation is 2. The Balaban J connectivity index is 2.26. The van der Waals surface area contributed by atoms with Gasteiger partial charge in [0, 0.05) is 11.7 Å². The number of rotatable bonds is 4. The van der Waals surface area contributed by atoms with Crippen molar-refractivity contribution in [2.24, 2.45) is 0 Å². The lowest BCUT2D eigenvalue weighted by Gasteiger charge is -2.21. The predicted molar refractivity (Wildman–Crippen MR) is 71.6 cm³/mol. The van der Waals surface area contributed by atoms with Crippen molar-refractivity contribution in [1.82, 2.24) is 4.98 Å². The summed E-state index contributed by atoms with van der Waals surface area (Å²) in [5.41, 5.74) is 1.60. The number of halogens is 3. The Hall–Kier alpha value is -1.79. The zero-order valence-electron chi connectivity index (χ0n) is 11.6. The van der Waals surface area contributed by atoms with Gasteiger partial charge in [-0.05, 0) is 44.2 Å². The van der Waals surface area contributed by atoms with E-state index in [1.165, 1.54) is 13.0 Å². The molecule has 1 unspecified atom stereocenters. The number of carbonyl (C=O) groups is 1. The number of pyridine rings is 1. The van der Waals surface area contributed by atoms with E-state index in [-0.39, 0.29) is 11.4 Å². The number of nitrogens with zero attached hydrogens (tertiary/aromatic N) is 1. The van der Waals surface area contributed by atoms with Crippen LogP contribution in [0.15, 0.2) is 6.07 Å². The zero-order valence-corrected chi connectivity index (χ0v) is 11.6. The van der Waals surface area contributed by atoms with E-state index in [9.17, 15) is 23.1 Å². The summed E-state index contributed by atoms with van der Waals surface area (Å²) >= 11 is 0. The van der Waals surface area contributed by atoms with Crippen molar-refractivity contribution >= 4 is 11.8 Å². The Morgan fingerprint density at radius 1 is 1.43 bits per heavy atom. The molecule has 1 heterocycles. The van der Waals surface area contributed by atoms with E-state index in [4.69, 9.17) is 0 Å². The van der Waals surface area contributed by atoms with Gasteiger partial charge in [-0.1, -0.05) is 0 Å². The first-order valence-corrected chi connectivity index (χ1v) is 6.85. The lowest BCUT2D eigenvalue weighted by atomic mass is 9.94. The smallest absolute Gasteiger partial charge is 0.391 e. The lowest BCUT2D eigenvalue weighted by Crippen LogP contribution is -2.26. The molecule has 0 bridgehead atoms. The summed E-state index contributed by atoms with van der Waals surface area (Å²) in [6.45, 7) is 1.36. The zero-order chi connectivity index (χ0) is 15.6. The number of aromatic nitrogens is 1. The molecule has 21 heavy (non-hydrogen) atoms. The molecule has 1 aliphatic rings. The molecule has 0 fully saturated rings. The first kappa shape index (κ1) is 15.6. The first-order chi connectivity index (χ1) is 9.76. The SMILES string of the molecule is CC(CC(F)(F)F)Nc1nc2c(cc1C(=O)O)CCCC2. The average molecular weight is 302 g/mol. The van der Waals surface area contributed by atoms with Crippen molar-refractivity contribution in [2.75, 3.05) is 5.32 Å². The van der Waals surface area contributed by atoms with Crippen molar-refractivity contribution < 1.29 is 23.1 Å². The van der Waals surface area contributed by atoms with E-state index in [0.717, 1.165) is 36.9 Å². The molecule has 116 valence electrons. The van der Waals surface area contributed by atoms with Gasteiger partial charge in [-0.25, -0.2) is 9.78 Å². The highest BCUT2D eigenvalue weighted by Gasteiger charge is 2.31. The number of fused-ring (bicyclic) bond motifs is 1. The van der Waals surface area contributed by atoms with E-state index in [1.807, 2.05) is 0 Å². The molecule has 1 aliphatic carbocycles. The number of anilines is 1. The topological polar surface area (TPSA) is 62.2 Å². The maximum Gasteiger partial charge on any atom is 0.391 e. The van der Waals surface area contributed by atoms with Crippen LogP contribution < -0.4 is 5.32 Å². The van der Waals surface area contributed by atoms with Crippen LogP contribution in [0.2, 0.25) is 0 Å². The fourth-order valence-corrected chi connectivity index (χ4v) is 2.54. The van der Waals surface area contributed by atoms with Gasteiger partial charge in [-0.3, -0.25) is 0 Å². The molecule has 0 radical (unpaired) electrons. The quantitative estimate of drug-likeness (QED) is 0.894. The number of hydrogen-bond acceptors (Lipinski definition) is 3. The molecule has 0 amide bonds. The highest BCUT2D eigenvalue weighted by atomic mass is 19.4. The molecule has 1 atom stereocenters. The van der Waals surface area contributed by atoms with Crippen LogP contribution in [0.25, 0.3) is 0 Å². The Morgan fingerprint density at radius 2 is 2.10 bits per heavy atom. The van der Waals surface area contributed by atoms with E-state index in [0.29, 0.717) is 0 Å². The summed E-state index contributed by atoms with van der Waals surface area (Å²) < 4.78 is 37.1. The van der Waals surface area contributed by atoms with Crippen LogP contribution in [0.3, 0.4) is 0 Å². The van der Waals surface area contributed by atoms with Crippen molar-refractivity contribution in [3.63, 3.8) is 0 Å². The minimum Gasteiger partial charge on any atom is -0.478 e. The normalized spacial score (nSPS) is 16.2. The maximum atomic E-state index is 12.4. The number of nitrogens with one attached hydrogen (secondary N) is 1. The van der Waals surface area contributed by atoms with E-state index < -0.39 is 24.6 Å². The van der Waals surface area contributed by atoms with Crippen molar-refractivity contribution in [3.05, 3.63) is 22.9 Å². The van der Waals surface area contributed by atoms with Gasteiger partial charge in [0.25, 0.3) is 0 Å². The summed E-state index contributed by atoms with van der Waals surface area (Å²) in [5.74, 6) is -1.16. The minimum atomic E-state index is -4.30. The minimum absolute atomic E-state index is 0.0277. The second kappa shape index (κ2) is 5.91. The first-order valence-electron chi connectivity index (χ1n) is 6.85. The van der Waals surface area contributed by atoms with Crippen LogP contribution >= 0.6 is 0 Å². The molecule has 7 heteroatoms. The van der Waals surface area contributed by atoms with E-state index in [2.05, 4.69) is 10.3 Å². The van der Waals surface area contributed by atoms with E-state index >= 15 is 0 Å². The van der Waals surface area contributed by atoms with Crippen molar-refractivity contribution in [2.45, 2.75) is 51.2 Å². The molecule has 0 aliphatic heterocycles. The number of aromatic carboxylic acids is 1. The molecular formula is C14H17F3N2O2. The third-order valence-corrected chi connectivity index (χ3v) is 3.45. The second-order valence-corrected chi connectivity index (χ2v) is 5.37. The summed E-state index contributed by atoms with van der Waals surface area (Å²) in [6.07, 6.45) is -1.90. The van der Waals surface area contributed by atoms with Crippen LogP contribution in [0.1, 0.15) is 47.8 Å². The van der Waals surface area contributed by atoms with Crippen molar-refractivity contribution in [3.8, 4) is 0 Å². The van der Waals surface area contributed by atoms with Crippen LogP contribution in [-0.2, 0) is 12.8 Å². The molecule has 2 N–H and O–H groups in total. The van der Waals surface area contributed by atoms with Gasteiger partial charge >= 0.3 is 12.1 Å². The molecule has 0 spiro atoms. The number of carboxylic acid groups (broad SMARTS) is 1. The largest absolute Gasteiger partial charge is 0.478 e. The third kappa shape index (κ3) is 4.09. The molecule has 0 saturated heterocycles. The highest BCUT2D eigenvalue weighted by Crippen LogP contribution is 2.27. The van der Waals surface area contributed by atoms with Gasteiger partial charge in [0.2, 0.25) is 0 Å². The Bertz CT molecular complexity index is 544. The second-order valence-electron chi connectivity index (χ2n) is 5.37. The summed E-state index contributed by atoms with van der Waals surface area (Å²) in [6, 6.07) is 0.601. The Labute approximate surface area is 120 Å². The van der Waals surface area contributed by atoms with Crippen LogP contribution in [0.5, 0.6) is 0 Å². The van der Waals surface area contributed by atoms with Crippen molar-refractivity contribution in [1.29, 1.82) is 0 Å². The molecule has 0 saturated carbocycles. The predicted octanol–water partition coefficient (Wildman–Crippen LogP) is 3.41. The number of alkyl halides is 3. The van der Waals surface area contributed by atoms with Gasteiger partial charge < -0.3 is 10.4 Å². The van der Waals surface area contributed by atoms with Gasteiger partial charge in [0.1, 0.15) is 11.4 Å². The van der Waals surface area contributed by atoms with Gasteiger partial charge in [0.15, 0.2) is 0 Å². The van der Waals surface area contributed by atoms with Crippen LogP contribution in [0, 0.1) is 0 Å². The Kier molecular flexibility index (Phi) is 4.39. The standard InChI is InChI=1S/C14H17F3N2O2/c1-8(7-14(15,16)17)18-12-10(13(20)21)6-9-4-2-3-5-11(9)19-12/h6,8H,2-5,7H2,1H3,(H,18,19)(H,20,21). The van der Waals surface area contributed by atoms with Gasteiger partial charge in [-0.2, -0.15) is 13.2 Å². The fourth-order valence-electron chi connectivity index (χ4n) is 2.54. The summed E-state index contributed by atoms with van der Waals surface area (Å²) in [5, 5.41) is 11.8.